The molecule has 1 heterocycles. The molecule has 17 heavy (non-hydrogen) atoms. The summed E-state index contributed by atoms with van der Waals surface area (Å²) in [6, 6.07) is 0. The quantitative estimate of drug-likeness (QED) is 0.502. The fourth-order valence-corrected chi connectivity index (χ4v) is 1.19. The molecule has 0 aromatic rings. The number of hydrogen-bond donors (Lipinski definition) is 0. The monoisotopic (exact) mass is 314 g/mol. The molecule has 102 valence electrons. The van der Waals surface area contributed by atoms with Gasteiger partial charge in [0.25, 0.3) is 0 Å². The molecule has 1 aliphatic rings. The van der Waals surface area contributed by atoms with Gasteiger partial charge in [-0.2, -0.15) is 35.1 Å². The third-order valence-electron chi connectivity index (χ3n) is 1.63. The summed E-state index contributed by atoms with van der Waals surface area (Å²) in [6.45, 7) is 0. The van der Waals surface area contributed by atoms with Gasteiger partial charge in [-0.05, 0) is 23.2 Å². The first-order chi connectivity index (χ1) is 7.16. The minimum Gasteiger partial charge on any atom is -0.279 e. The molecule has 1 aliphatic heterocycles. The lowest BCUT2D eigenvalue weighted by Crippen LogP contribution is -2.58. The Labute approximate surface area is 97.4 Å². The van der Waals surface area contributed by atoms with Crippen LogP contribution in [0.25, 0.3) is 0 Å². The highest BCUT2D eigenvalue weighted by molar-refractivity contribution is 6.32. The molecule has 0 aliphatic carbocycles. The van der Waals surface area contributed by atoms with Crippen LogP contribution in [0.2, 0.25) is 0 Å². The van der Waals surface area contributed by atoms with E-state index in [1.54, 1.807) is 0 Å². The molecule has 0 saturated carbocycles. The van der Waals surface area contributed by atoms with Gasteiger partial charge in [-0.3, -0.25) is 9.47 Å². The normalized spacial score (nSPS) is 38.5. The van der Waals surface area contributed by atoms with Crippen LogP contribution in [0.5, 0.6) is 0 Å². The van der Waals surface area contributed by atoms with Crippen LogP contribution in [0.15, 0.2) is 0 Å². The number of alkyl halides is 10. The molecule has 12 heteroatoms. The van der Waals surface area contributed by atoms with Crippen molar-refractivity contribution >= 4 is 23.2 Å². The van der Waals surface area contributed by atoms with Crippen molar-refractivity contribution in [3.8, 4) is 0 Å². The minimum absolute atomic E-state index is 2.80. The van der Waals surface area contributed by atoms with Crippen LogP contribution in [0, 0.1) is 0 Å². The van der Waals surface area contributed by atoms with Crippen molar-refractivity contribution in [2.45, 2.75) is 28.8 Å². The summed E-state index contributed by atoms with van der Waals surface area (Å²) in [5.74, 6) is -5.58. The Morgan fingerprint density at radius 1 is 0.706 bits per heavy atom. The van der Waals surface area contributed by atoms with E-state index >= 15 is 0 Å². The van der Waals surface area contributed by atoms with Crippen molar-refractivity contribution in [2.75, 3.05) is 0 Å². The van der Waals surface area contributed by atoms with E-state index in [0.29, 0.717) is 0 Å². The molecule has 0 spiro atoms. The van der Waals surface area contributed by atoms with E-state index in [9.17, 15) is 35.1 Å². The summed E-state index contributed by atoms with van der Waals surface area (Å²) >= 11 is 8.67. The minimum atomic E-state index is -6.35. The lowest BCUT2D eigenvalue weighted by atomic mass is 10.2. The van der Waals surface area contributed by atoms with Crippen LogP contribution < -0.4 is 0 Å². The lowest BCUT2D eigenvalue weighted by molar-refractivity contribution is -0.453. The summed E-state index contributed by atoms with van der Waals surface area (Å²) in [5.41, 5.74) is 0. The van der Waals surface area contributed by atoms with Crippen molar-refractivity contribution in [2.24, 2.45) is 0 Å². The molecule has 1 fully saturated rings. The van der Waals surface area contributed by atoms with Gasteiger partial charge in [-0.15, -0.1) is 0 Å². The van der Waals surface area contributed by atoms with Crippen molar-refractivity contribution < 1.29 is 44.6 Å². The summed E-state index contributed by atoms with van der Waals surface area (Å²) in [6.07, 6.45) is -12.7. The molecule has 0 unspecified atom stereocenters. The first kappa shape index (κ1) is 15.0. The molecule has 0 amide bonds. The van der Waals surface area contributed by atoms with Gasteiger partial charge in [0.05, 0.1) is 0 Å². The predicted octanol–water partition coefficient (Wildman–Crippen LogP) is 3.58. The highest BCUT2D eigenvalue weighted by atomic mass is 35.5. The van der Waals surface area contributed by atoms with Crippen molar-refractivity contribution in [3.63, 3.8) is 0 Å². The van der Waals surface area contributed by atoms with Gasteiger partial charge in [0, 0.05) is 0 Å². The number of halogens is 10. The molecule has 2 atom stereocenters. The molecule has 0 aromatic carbocycles. The zero-order valence-electron chi connectivity index (χ0n) is 7.10. The maximum Gasteiger partial charge on any atom is 0.453 e. The second-order valence-corrected chi connectivity index (χ2v) is 3.82. The third-order valence-corrected chi connectivity index (χ3v) is 2.37. The SMILES string of the molecule is FC(F)(F)C1(C(F)(F)F)O[C@@](F)(Cl)[C@](F)(Cl)O1. The number of ether oxygens (including phenoxy) is 2. The topological polar surface area (TPSA) is 18.5 Å². The Morgan fingerprint density at radius 2 is 0.941 bits per heavy atom. The Balaban J connectivity index is 3.34. The molecule has 0 N–H and O–H groups in total. The zero-order chi connectivity index (χ0) is 13.9. The Bertz CT molecular complexity index is 289. The second-order valence-electron chi connectivity index (χ2n) is 2.85. The number of rotatable bonds is 0. The van der Waals surface area contributed by atoms with E-state index in [4.69, 9.17) is 0 Å². The molecular formula is C5Cl2F8O2. The maximum atomic E-state index is 12.9. The molecule has 0 aromatic heterocycles. The summed E-state index contributed by atoms with van der Waals surface area (Å²) < 4.78 is 104. The molecule has 1 saturated heterocycles. The summed E-state index contributed by atoms with van der Waals surface area (Å²) in [7, 11) is 0. The van der Waals surface area contributed by atoms with E-state index < -0.39 is 28.8 Å². The fourth-order valence-electron chi connectivity index (χ4n) is 0.893. The largest absolute Gasteiger partial charge is 0.453 e. The van der Waals surface area contributed by atoms with E-state index in [1.165, 1.54) is 0 Å². The van der Waals surface area contributed by atoms with Gasteiger partial charge in [-0.1, -0.05) is 0 Å². The Morgan fingerprint density at radius 3 is 1.06 bits per heavy atom. The van der Waals surface area contributed by atoms with Gasteiger partial charge in [-0.25, -0.2) is 0 Å². The van der Waals surface area contributed by atoms with Gasteiger partial charge in [0.1, 0.15) is 0 Å². The molecule has 0 bridgehead atoms. The van der Waals surface area contributed by atoms with Crippen LogP contribution in [0.4, 0.5) is 35.1 Å². The first-order valence-electron chi connectivity index (χ1n) is 3.46. The van der Waals surface area contributed by atoms with Crippen LogP contribution >= 0.6 is 23.2 Å². The smallest absolute Gasteiger partial charge is 0.279 e. The van der Waals surface area contributed by atoms with E-state index in [0.717, 1.165) is 0 Å². The Hall–Kier alpha value is -0.0600. The third kappa shape index (κ3) is 2.04. The highest BCUT2D eigenvalue weighted by Crippen LogP contribution is 2.61. The zero-order valence-corrected chi connectivity index (χ0v) is 8.61. The molecule has 0 radical (unpaired) electrons. The van der Waals surface area contributed by atoms with E-state index in [-0.39, 0.29) is 0 Å². The van der Waals surface area contributed by atoms with Gasteiger partial charge < -0.3 is 0 Å². The first-order valence-corrected chi connectivity index (χ1v) is 4.21. The number of hydrogen-bond acceptors (Lipinski definition) is 2. The predicted molar refractivity (Wildman–Crippen MR) is 36.4 cm³/mol. The van der Waals surface area contributed by atoms with Gasteiger partial charge in [0.15, 0.2) is 0 Å². The fraction of sp³-hybridized carbons (Fsp3) is 1.00. The summed E-state index contributed by atoms with van der Waals surface area (Å²) in [4.78, 5) is 0. The maximum absolute atomic E-state index is 12.9. The van der Waals surface area contributed by atoms with Crippen LogP contribution in [0.3, 0.4) is 0 Å². The molecular weight excluding hydrogens is 315 g/mol. The molecule has 1 rings (SSSR count). The lowest BCUT2D eigenvalue weighted by Gasteiger charge is -2.30. The van der Waals surface area contributed by atoms with Gasteiger partial charge >= 0.3 is 28.8 Å². The van der Waals surface area contributed by atoms with Crippen molar-refractivity contribution in [1.29, 1.82) is 0 Å². The standard InChI is InChI=1S/C5Cl2F8O2/c6-2(8)3(7,9)17-1(16-2,4(10,11)12)5(13,14)15/t2-,3-/m1/s1. The average Bonchev–Trinajstić information content (AvgIpc) is 2.15. The molecule has 2 nitrogen and oxygen atoms in total. The Kier molecular flexibility index (Phi) is 3.08. The van der Waals surface area contributed by atoms with Crippen LogP contribution in [0.1, 0.15) is 0 Å². The average molecular weight is 315 g/mol. The summed E-state index contributed by atoms with van der Waals surface area (Å²) in [5, 5.41) is -9.31. The van der Waals surface area contributed by atoms with E-state index in [2.05, 4.69) is 32.7 Å². The van der Waals surface area contributed by atoms with Gasteiger partial charge in [0.2, 0.25) is 0 Å². The second kappa shape index (κ2) is 3.49. The van der Waals surface area contributed by atoms with Crippen LogP contribution in [-0.2, 0) is 9.47 Å². The van der Waals surface area contributed by atoms with Crippen molar-refractivity contribution in [1.82, 2.24) is 0 Å². The van der Waals surface area contributed by atoms with Crippen LogP contribution in [-0.4, -0.2) is 28.8 Å². The van der Waals surface area contributed by atoms with Crippen molar-refractivity contribution in [3.05, 3.63) is 0 Å². The highest BCUT2D eigenvalue weighted by Gasteiger charge is 2.86. The van der Waals surface area contributed by atoms with E-state index in [1.807, 2.05) is 0 Å².